The van der Waals surface area contributed by atoms with Gasteiger partial charge in [0.25, 0.3) is 0 Å². The van der Waals surface area contributed by atoms with Crippen molar-refractivity contribution >= 4 is 23.2 Å². The van der Waals surface area contributed by atoms with Crippen LogP contribution in [0.4, 0.5) is 11.4 Å². The first-order chi connectivity index (χ1) is 11.0. The van der Waals surface area contributed by atoms with E-state index in [1.54, 1.807) is 0 Å². The third-order valence-corrected chi connectivity index (χ3v) is 4.06. The van der Waals surface area contributed by atoms with Crippen molar-refractivity contribution in [3.63, 3.8) is 0 Å². The van der Waals surface area contributed by atoms with Crippen LogP contribution in [0.5, 0.6) is 0 Å². The van der Waals surface area contributed by atoms with Gasteiger partial charge < -0.3 is 15.5 Å². The van der Waals surface area contributed by atoms with Crippen molar-refractivity contribution in [2.75, 3.05) is 29.9 Å². The second-order valence-electron chi connectivity index (χ2n) is 5.50. The number of nitrogens with zero attached hydrogens (tertiary/aromatic N) is 1. The first-order valence-corrected chi connectivity index (χ1v) is 8.48. The van der Waals surface area contributed by atoms with Gasteiger partial charge in [0.1, 0.15) is 0 Å². The Morgan fingerprint density at radius 3 is 2.04 bits per heavy atom. The van der Waals surface area contributed by atoms with Gasteiger partial charge >= 0.3 is 0 Å². The van der Waals surface area contributed by atoms with Crippen molar-refractivity contribution in [1.29, 1.82) is 0 Å². The summed E-state index contributed by atoms with van der Waals surface area (Å²) in [5, 5.41) is 5.50. The summed E-state index contributed by atoms with van der Waals surface area (Å²) in [6.07, 6.45) is 1.58. The second kappa shape index (κ2) is 9.87. The number of hydrogen-bond acceptors (Lipinski definition) is 3. The summed E-state index contributed by atoms with van der Waals surface area (Å²) in [6.45, 7) is 10.1. The maximum Gasteiger partial charge on any atom is 0.243 e. The van der Waals surface area contributed by atoms with Gasteiger partial charge in [-0.3, -0.25) is 9.59 Å². The van der Waals surface area contributed by atoms with Gasteiger partial charge in [-0.05, 0) is 51.0 Å². The number of hydrogen-bond donors (Lipinski definition) is 2. The van der Waals surface area contributed by atoms with Gasteiger partial charge in [0.2, 0.25) is 11.8 Å². The van der Waals surface area contributed by atoms with Crippen LogP contribution in [0, 0.1) is 5.92 Å². The van der Waals surface area contributed by atoms with Crippen LogP contribution in [0.3, 0.4) is 0 Å². The van der Waals surface area contributed by atoms with Gasteiger partial charge in [-0.1, -0.05) is 13.8 Å². The van der Waals surface area contributed by atoms with Crippen molar-refractivity contribution < 1.29 is 9.59 Å². The highest BCUT2D eigenvalue weighted by Gasteiger charge is 2.14. The van der Waals surface area contributed by atoms with Crippen LogP contribution < -0.4 is 15.5 Å². The average Bonchev–Trinajstić information content (AvgIpc) is 2.56. The fraction of sp³-hybridized carbons (Fsp3) is 0.556. The monoisotopic (exact) mass is 319 g/mol. The lowest BCUT2D eigenvalue weighted by Gasteiger charge is -2.21. The molecule has 128 valence electrons. The molecule has 0 heterocycles. The summed E-state index contributed by atoms with van der Waals surface area (Å²) in [4.78, 5) is 26.0. The van der Waals surface area contributed by atoms with Gasteiger partial charge in [-0.2, -0.15) is 0 Å². The van der Waals surface area contributed by atoms with Gasteiger partial charge in [-0.25, -0.2) is 0 Å². The first kappa shape index (κ1) is 19.0. The van der Waals surface area contributed by atoms with E-state index in [-0.39, 0.29) is 24.3 Å². The maximum absolute atomic E-state index is 11.9. The van der Waals surface area contributed by atoms with Gasteiger partial charge in [0.05, 0.1) is 6.54 Å². The van der Waals surface area contributed by atoms with Crippen molar-refractivity contribution in [1.82, 2.24) is 5.32 Å². The SMILES string of the molecule is CCC(CC)C(=O)NCC(=O)Nc1ccc(N(CC)CC)cc1. The highest BCUT2D eigenvalue weighted by Crippen LogP contribution is 2.17. The molecule has 1 aromatic carbocycles. The summed E-state index contributed by atoms with van der Waals surface area (Å²) >= 11 is 0. The standard InChI is InChI=1S/C18H29N3O2/c1-5-14(6-2)18(23)19-13-17(22)20-15-9-11-16(12-10-15)21(7-3)8-4/h9-12,14H,5-8,13H2,1-4H3,(H,19,23)(H,20,22). The predicted octanol–water partition coefficient (Wildman–Crippen LogP) is 3.02. The molecule has 5 nitrogen and oxygen atoms in total. The zero-order valence-corrected chi connectivity index (χ0v) is 14.7. The minimum absolute atomic E-state index is 0.00707. The molecule has 0 atom stereocenters. The molecule has 0 aromatic heterocycles. The summed E-state index contributed by atoms with van der Waals surface area (Å²) in [6, 6.07) is 7.75. The van der Waals surface area contributed by atoms with E-state index in [9.17, 15) is 9.59 Å². The summed E-state index contributed by atoms with van der Waals surface area (Å²) < 4.78 is 0. The normalized spacial score (nSPS) is 10.5. The molecular weight excluding hydrogens is 290 g/mol. The predicted molar refractivity (Wildman–Crippen MR) is 95.7 cm³/mol. The molecule has 0 fully saturated rings. The van der Waals surface area contributed by atoms with E-state index >= 15 is 0 Å². The number of carbonyl (C=O) groups excluding carboxylic acids is 2. The molecule has 5 heteroatoms. The van der Waals surface area contributed by atoms with Gasteiger partial charge in [0.15, 0.2) is 0 Å². The van der Waals surface area contributed by atoms with E-state index in [4.69, 9.17) is 0 Å². The topological polar surface area (TPSA) is 61.4 Å². The second-order valence-corrected chi connectivity index (χ2v) is 5.50. The Bertz CT molecular complexity index is 491. The smallest absolute Gasteiger partial charge is 0.243 e. The quantitative estimate of drug-likeness (QED) is 0.735. The lowest BCUT2D eigenvalue weighted by atomic mass is 10.0. The van der Waals surface area contributed by atoms with E-state index in [1.165, 1.54) is 0 Å². The number of anilines is 2. The van der Waals surface area contributed by atoms with E-state index in [1.807, 2.05) is 38.1 Å². The molecule has 23 heavy (non-hydrogen) atoms. The van der Waals surface area contributed by atoms with Crippen LogP contribution in [0.25, 0.3) is 0 Å². The lowest BCUT2D eigenvalue weighted by molar-refractivity contribution is -0.127. The number of rotatable bonds is 9. The minimum atomic E-state index is -0.208. The third kappa shape index (κ3) is 5.93. The summed E-state index contributed by atoms with van der Waals surface area (Å²) in [5.74, 6) is -0.280. The highest BCUT2D eigenvalue weighted by molar-refractivity contribution is 5.94. The molecule has 0 aliphatic carbocycles. The maximum atomic E-state index is 11.9. The molecule has 0 aliphatic heterocycles. The molecule has 0 spiro atoms. The van der Waals surface area contributed by atoms with E-state index in [0.29, 0.717) is 0 Å². The number of nitrogens with one attached hydrogen (secondary N) is 2. The lowest BCUT2D eigenvalue weighted by Crippen LogP contribution is -2.36. The Morgan fingerprint density at radius 1 is 1.00 bits per heavy atom. The van der Waals surface area contributed by atoms with Crippen LogP contribution in [0.2, 0.25) is 0 Å². The molecule has 1 aromatic rings. The molecule has 0 unspecified atom stereocenters. The number of benzene rings is 1. The van der Waals surface area contributed by atoms with Crippen LogP contribution in [-0.2, 0) is 9.59 Å². The van der Waals surface area contributed by atoms with Gasteiger partial charge in [-0.15, -0.1) is 0 Å². The number of amides is 2. The molecule has 0 saturated carbocycles. The van der Waals surface area contributed by atoms with Crippen LogP contribution in [0.1, 0.15) is 40.5 Å². The van der Waals surface area contributed by atoms with E-state index < -0.39 is 0 Å². The molecule has 0 bridgehead atoms. The van der Waals surface area contributed by atoms with Gasteiger partial charge in [0, 0.05) is 30.4 Å². The zero-order valence-electron chi connectivity index (χ0n) is 14.7. The van der Waals surface area contributed by atoms with Crippen molar-refractivity contribution in [2.24, 2.45) is 5.92 Å². The Labute approximate surface area is 139 Å². The molecule has 1 rings (SSSR count). The van der Waals surface area contributed by atoms with Crippen molar-refractivity contribution in [3.05, 3.63) is 24.3 Å². The Balaban J connectivity index is 2.50. The molecule has 2 N–H and O–H groups in total. The zero-order chi connectivity index (χ0) is 17.2. The van der Waals surface area contributed by atoms with E-state index in [0.717, 1.165) is 37.3 Å². The van der Waals surface area contributed by atoms with Crippen molar-refractivity contribution in [3.8, 4) is 0 Å². The fourth-order valence-electron chi connectivity index (χ4n) is 2.52. The molecule has 0 saturated heterocycles. The largest absolute Gasteiger partial charge is 0.372 e. The van der Waals surface area contributed by atoms with Crippen LogP contribution >= 0.6 is 0 Å². The molecular formula is C18H29N3O2. The molecule has 2 amide bonds. The minimum Gasteiger partial charge on any atom is -0.372 e. The van der Waals surface area contributed by atoms with Crippen LogP contribution in [-0.4, -0.2) is 31.4 Å². The third-order valence-electron chi connectivity index (χ3n) is 4.06. The Morgan fingerprint density at radius 2 is 1.57 bits per heavy atom. The Hall–Kier alpha value is -2.04. The summed E-state index contributed by atoms with van der Waals surface area (Å²) in [7, 11) is 0. The highest BCUT2D eigenvalue weighted by atomic mass is 16.2. The van der Waals surface area contributed by atoms with E-state index in [2.05, 4.69) is 29.4 Å². The molecule has 0 aliphatic rings. The number of carbonyl (C=O) groups is 2. The van der Waals surface area contributed by atoms with Crippen LogP contribution in [0.15, 0.2) is 24.3 Å². The molecule has 0 radical (unpaired) electrons. The fourth-order valence-corrected chi connectivity index (χ4v) is 2.52. The summed E-state index contributed by atoms with van der Waals surface area (Å²) in [5.41, 5.74) is 1.87. The first-order valence-electron chi connectivity index (χ1n) is 8.48. The van der Waals surface area contributed by atoms with Crippen molar-refractivity contribution in [2.45, 2.75) is 40.5 Å². The Kier molecular flexibility index (Phi) is 8.16. The average molecular weight is 319 g/mol.